The average Bonchev–Trinajstić information content (AvgIpc) is 2.48. The van der Waals surface area contributed by atoms with Crippen molar-refractivity contribution in [1.82, 2.24) is 4.98 Å². The van der Waals surface area contributed by atoms with Crippen molar-refractivity contribution >= 4 is 62.5 Å². The van der Waals surface area contributed by atoms with E-state index in [4.69, 9.17) is 4.43 Å². The zero-order valence-corrected chi connectivity index (χ0v) is 21.6. The summed E-state index contributed by atoms with van der Waals surface area (Å²) in [6.07, 6.45) is 3.04. The molecule has 1 aromatic rings. The Balaban J connectivity index is 3.42. The van der Waals surface area contributed by atoms with Gasteiger partial charge in [-0.3, -0.25) is 0 Å². The van der Waals surface area contributed by atoms with Crippen LogP contribution >= 0.6 is 47.8 Å². The second-order valence-corrected chi connectivity index (χ2v) is 11.7. The zero-order chi connectivity index (χ0) is 19.4. The SMILES string of the molecule is C=CCN(c1cc(Br)c(Br)nc1Br)[C@@H](CC)C(O[Si](C)C)C(C)(C)C. The second kappa shape index (κ2) is 10.0. The standard InChI is InChI=1S/C18H28Br3N2OSi/c1-8-10-23(14-11-12(19)16(20)22-17(14)21)13(9-2)15(18(3,4)5)24-25(6)7/h8,11,13,15H,1,9-10H2,2-7H3/t13-,15?/m0/s1. The van der Waals surface area contributed by atoms with Crippen LogP contribution < -0.4 is 4.90 Å². The van der Waals surface area contributed by atoms with Crippen molar-refractivity contribution in [2.24, 2.45) is 5.41 Å². The summed E-state index contributed by atoms with van der Waals surface area (Å²) in [6, 6.07) is 2.32. The first-order valence-electron chi connectivity index (χ1n) is 8.38. The Bertz CT molecular complexity index is 590. The van der Waals surface area contributed by atoms with Crippen LogP contribution in [0.5, 0.6) is 0 Å². The lowest BCUT2D eigenvalue weighted by atomic mass is 9.83. The minimum absolute atomic E-state index is 0.0362. The molecule has 0 aliphatic rings. The number of anilines is 1. The molecule has 0 amide bonds. The highest BCUT2D eigenvalue weighted by Crippen LogP contribution is 2.37. The highest BCUT2D eigenvalue weighted by atomic mass is 79.9. The van der Waals surface area contributed by atoms with Gasteiger partial charge in [0.25, 0.3) is 0 Å². The maximum Gasteiger partial charge on any atom is 0.205 e. The summed E-state index contributed by atoms with van der Waals surface area (Å²) in [6.45, 7) is 18.1. The average molecular weight is 556 g/mol. The Morgan fingerprint density at radius 1 is 1.28 bits per heavy atom. The molecule has 25 heavy (non-hydrogen) atoms. The van der Waals surface area contributed by atoms with Crippen molar-refractivity contribution in [3.8, 4) is 0 Å². The number of aromatic nitrogens is 1. The number of hydrogen-bond donors (Lipinski definition) is 0. The molecule has 1 aromatic heterocycles. The van der Waals surface area contributed by atoms with Crippen LogP contribution in [0.25, 0.3) is 0 Å². The smallest absolute Gasteiger partial charge is 0.205 e. The zero-order valence-electron chi connectivity index (χ0n) is 15.9. The maximum absolute atomic E-state index is 6.48. The first-order valence-corrected chi connectivity index (χ1v) is 13.2. The molecule has 1 unspecified atom stereocenters. The Kier molecular flexibility index (Phi) is 9.35. The van der Waals surface area contributed by atoms with Gasteiger partial charge in [0.1, 0.15) is 9.21 Å². The first-order chi connectivity index (χ1) is 11.5. The van der Waals surface area contributed by atoms with E-state index in [1.807, 2.05) is 6.08 Å². The van der Waals surface area contributed by atoms with Crippen LogP contribution in [0.3, 0.4) is 0 Å². The van der Waals surface area contributed by atoms with Crippen LogP contribution in [-0.2, 0) is 4.43 Å². The van der Waals surface area contributed by atoms with E-state index in [0.717, 1.165) is 32.3 Å². The van der Waals surface area contributed by atoms with Crippen LogP contribution in [0.1, 0.15) is 34.1 Å². The number of nitrogens with zero attached hydrogens (tertiary/aromatic N) is 2. The third-order valence-corrected chi connectivity index (χ3v) is 6.94. The monoisotopic (exact) mass is 553 g/mol. The van der Waals surface area contributed by atoms with Crippen molar-refractivity contribution in [1.29, 1.82) is 0 Å². The van der Waals surface area contributed by atoms with E-state index in [9.17, 15) is 0 Å². The van der Waals surface area contributed by atoms with Crippen molar-refractivity contribution < 1.29 is 4.43 Å². The normalized spacial score (nSPS) is 14.5. The fourth-order valence-electron chi connectivity index (χ4n) is 2.87. The van der Waals surface area contributed by atoms with Crippen molar-refractivity contribution in [3.05, 3.63) is 32.4 Å². The molecule has 1 radical (unpaired) electrons. The predicted molar refractivity (Wildman–Crippen MR) is 121 cm³/mol. The molecule has 0 bridgehead atoms. The summed E-state index contributed by atoms with van der Waals surface area (Å²) in [5.74, 6) is 0. The van der Waals surface area contributed by atoms with Crippen LogP contribution in [-0.4, -0.2) is 32.7 Å². The number of hydrogen-bond acceptors (Lipinski definition) is 3. The lowest BCUT2D eigenvalue weighted by Crippen LogP contribution is -2.52. The third kappa shape index (κ3) is 6.45. The van der Waals surface area contributed by atoms with Crippen LogP contribution in [0, 0.1) is 5.41 Å². The molecule has 141 valence electrons. The molecule has 0 saturated carbocycles. The van der Waals surface area contributed by atoms with Crippen LogP contribution in [0.4, 0.5) is 5.69 Å². The Hall–Kier alpha value is 0.307. The van der Waals surface area contributed by atoms with Crippen LogP contribution in [0.2, 0.25) is 13.1 Å². The highest BCUT2D eigenvalue weighted by molar-refractivity contribution is 9.13. The Labute approximate surface area is 179 Å². The molecule has 3 nitrogen and oxygen atoms in total. The molecular formula is C18H28Br3N2OSi. The van der Waals surface area contributed by atoms with Gasteiger partial charge < -0.3 is 9.33 Å². The molecule has 1 rings (SSSR count). The summed E-state index contributed by atoms with van der Waals surface area (Å²) in [5, 5.41) is 0. The molecule has 0 N–H and O–H groups in total. The summed E-state index contributed by atoms with van der Waals surface area (Å²) in [5.41, 5.74) is 1.08. The molecule has 0 saturated heterocycles. The van der Waals surface area contributed by atoms with Gasteiger partial charge in [0, 0.05) is 6.54 Å². The summed E-state index contributed by atoms with van der Waals surface area (Å²) >= 11 is 10.7. The summed E-state index contributed by atoms with van der Waals surface area (Å²) in [4.78, 5) is 6.90. The van der Waals surface area contributed by atoms with Crippen molar-refractivity contribution in [2.45, 2.75) is 59.4 Å². The van der Waals surface area contributed by atoms with Crippen molar-refractivity contribution in [3.63, 3.8) is 0 Å². The molecule has 1 heterocycles. The summed E-state index contributed by atoms with van der Waals surface area (Å²) < 4.78 is 9.01. The molecule has 0 fully saturated rings. The minimum Gasteiger partial charge on any atom is -0.412 e. The fraction of sp³-hybridized carbons (Fsp3) is 0.611. The van der Waals surface area contributed by atoms with Gasteiger partial charge in [-0.2, -0.15) is 0 Å². The molecule has 0 spiro atoms. The van der Waals surface area contributed by atoms with E-state index in [-0.39, 0.29) is 17.6 Å². The number of halogens is 3. The lowest BCUT2D eigenvalue weighted by Gasteiger charge is -2.44. The third-order valence-electron chi connectivity index (χ3n) is 3.89. The molecule has 0 aromatic carbocycles. The van der Waals surface area contributed by atoms with E-state index in [0.29, 0.717) is 0 Å². The first kappa shape index (κ1) is 23.3. The molecule has 2 atom stereocenters. The Morgan fingerprint density at radius 3 is 2.32 bits per heavy atom. The second-order valence-electron chi connectivity index (χ2n) is 7.30. The molecule has 0 aliphatic heterocycles. The topological polar surface area (TPSA) is 25.4 Å². The van der Waals surface area contributed by atoms with E-state index >= 15 is 0 Å². The lowest BCUT2D eigenvalue weighted by molar-refractivity contribution is 0.0590. The van der Waals surface area contributed by atoms with Gasteiger partial charge in [0.2, 0.25) is 9.04 Å². The van der Waals surface area contributed by atoms with Gasteiger partial charge in [0.05, 0.1) is 22.3 Å². The van der Waals surface area contributed by atoms with Gasteiger partial charge in [0.15, 0.2) is 0 Å². The quantitative estimate of drug-likeness (QED) is 0.200. The molecule has 7 heteroatoms. The maximum atomic E-state index is 6.48. The summed E-state index contributed by atoms with van der Waals surface area (Å²) in [7, 11) is -0.821. The highest BCUT2D eigenvalue weighted by Gasteiger charge is 2.37. The van der Waals surface area contributed by atoms with Gasteiger partial charge in [-0.15, -0.1) is 6.58 Å². The number of pyridine rings is 1. The predicted octanol–water partition coefficient (Wildman–Crippen LogP) is 6.82. The van der Waals surface area contributed by atoms with E-state index in [1.165, 1.54) is 0 Å². The molecule has 0 aliphatic carbocycles. The van der Waals surface area contributed by atoms with E-state index in [2.05, 4.69) is 111 Å². The van der Waals surface area contributed by atoms with Gasteiger partial charge in [-0.25, -0.2) is 4.98 Å². The van der Waals surface area contributed by atoms with E-state index < -0.39 is 9.04 Å². The Morgan fingerprint density at radius 2 is 1.88 bits per heavy atom. The minimum atomic E-state index is -0.821. The van der Waals surface area contributed by atoms with Gasteiger partial charge in [-0.1, -0.05) is 33.8 Å². The van der Waals surface area contributed by atoms with E-state index in [1.54, 1.807) is 0 Å². The van der Waals surface area contributed by atoms with Crippen molar-refractivity contribution in [2.75, 3.05) is 11.4 Å². The van der Waals surface area contributed by atoms with Gasteiger partial charge in [-0.05, 0) is 78.8 Å². The van der Waals surface area contributed by atoms with Crippen LogP contribution in [0.15, 0.2) is 32.4 Å². The number of rotatable bonds is 8. The van der Waals surface area contributed by atoms with Gasteiger partial charge >= 0.3 is 0 Å². The molecular weight excluding hydrogens is 528 g/mol. The fourth-order valence-corrected chi connectivity index (χ4v) is 5.25. The largest absolute Gasteiger partial charge is 0.412 e.